The highest BCUT2D eigenvalue weighted by Crippen LogP contribution is 2.07. The normalized spacial score (nSPS) is 11.5. The molecule has 1 amide bonds. The molecule has 0 saturated carbocycles. The number of nitrogen functional groups attached to an aromatic ring is 1. The largest absolute Gasteiger partial charge is 0.399 e. The van der Waals surface area contributed by atoms with Crippen molar-refractivity contribution in [3.8, 4) is 0 Å². The van der Waals surface area contributed by atoms with E-state index in [9.17, 15) is 13.2 Å². The van der Waals surface area contributed by atoms with Gasteiger partial charge in [0.05, 0.1) is 11.7 Å². The number of hydrogen-bond donors (Lipinski definition) is 2. The van der Waals surface area contributed by atoms with Crippen molar-refractivity contribution in [2.45, 2.75) is 25.5 Å². The van der Waals surface area contributed by atoms with E-state index in [0.29, 0.717) is 11.3 Å². The van der Waals surface area contributed by atoms with Gasteiger partial charge in [0.15, 0.2) is 0 Å². The van der Waals surface area contributed by atoms with E-state index in [-0.39, 0.29) is 6.42 Å². The maximum absolute atomic E-state index is 11.5. The smallest absolute Gasteiger partial charge is 0.237 e. The minimum atomic E-state index is -3.56. The molecule has 0 heterocycles. The molecule has 0 atom stereocenters. The lowest BCUT2D eigenvalue weighted by Crippen LogP contribution is -2.36. The monoisotopic (exact) mass is 256 g/mol. The number of amides is 1. The van der Waals surface area contributed by atoms with Gasteiger partial charge in [-0.25, -0.2) is 8.42 Å². The van der Waals surface area contributed by atoms with Crippen LogP contribution in [0.3, 0.4) is 0 Å². The van der Waals surface area contributed by atoms with Crippen LogP contribution in [0.15, 0.2) is 24.3 Å². The molecule has 0 aliphatic rings. The second-order valence-corrected chi connectivity index (χ2v) is 6.28. The molecule has 5 nitrogen and oxygen atoms in total. The van der Waals surface area contributed by atoms with Crippen molar-refractivity contribution in [3.63, 3.8) is 0 Å². The summed E-state index contributed by atoms with van der Waals surface area (Å²) < 4.78 is 24.9. The average Bonchev–Trinajstić information content (AvgIpc) is 2.15. The summed E-state index contributed by atoms with van der Waals surface area (Å²) in [6, 6.07) is 6.78. The van der Waals surface area contributed by atoms with Crippen LogP contribution in [0.4, 0.5) is 5.69 Å². The van der Waals surface area contributed by atoms with Crippen LogP contribution in [0.1, 0.15) is 19.4 Å². The fourth-order valence-electron chi connectivity index (χ4n) is 1.20. The first-order valence-corrected chi connectivity index (χ1v) is 6.75. The van der Waals surface area contributed by atoms with Crippen molar-refractivity contribution in [2.75, 3.05) is 5.73 Å². The molecule has 0 saturated heterocycles. The molecule has 1 rings (SSSR count). The first kappa shape index (κ1) is 13.5. The van der Waals surface area contributed by atoms with E-state index in [1.54, 1.807) is 24.3 Å². The van der Waals surface area contributed by atoms with Gasteiger partial charge < -0.3 is 5.73 Å². The minimum absolute atomic E-state index is 0.00299. The number of nitrogens with two attached hydrogens (primary N) is 1. The molecule has 0 spiro atoms. The Hall–Kier alpha value is -1.56. The Morgan fingerprint density at radius 2 is 2.06 bits per heavy atom. The lowest BCUT2D eigenvalue weighted by atomic mass is 10.1. The number of rotatable bonds is 4. The zero-order valence-electron chi connectivity index (χ0n) is 9.80. The highest BCUT2D eigenvalue weighted by molar-refractivity contribution is 7.90. The maximum atomic E-state index is 11.5. The number of hydrogen-bond acceptors (Lipinski definition) is 4. The van der Waals surface area contributed by atoms with Crippen LogP contribution < -0.4 is 10.5 Å². The van der Waals surface area contributed by atoms with Gasteiger partial charge in [0.1, 0.15) is 0 Å². The second kappa shape index (κ2) is 5.18. The van der Waals surface area contributed by atoms with Crippen LogP contribution in [0.25, 0.3) is 0 Å². The van der Waals surface area contributed by atoms with Gasteiger partial charge in [-0.3, -0.25) is 9.52 Å². The lowest BCUT2D eigenvalue weighted by molar-refractivity contribution is -0.118. The zero-order chi connectivity index (χ0) is 13.1. The standard InChI is InChI=1S/C11H16N2O3S/c1-8(2)17(15,16)13-11(14)7-9-4-3-5-10(12)6-9/h3-6,8H,7,12H2,1-2H3,(H,13,14). The molecule has 0 aliphatic carbocycles. The minimum Gasteiger partial charge on any atom is -0.399 e. The molecular weight excluding hydrogens is 240 g/mol. The van der Waals surface area contributed by atoms with Gasteiger partial charge in [-0.05, 0) is 31.5 Å². The molecule has 6 heteroatoms. The fourth-order valence-corrected chi connectivity index (χ4v) is 1.83. The number of carbonyl (C=O) groups excluding carboxylic acids is 1. The van der Waals surface area contributed by atoms with E-state index in [1.165, 1.54) is 13.8 Å². The molecule has 0 aliphatic heterocycles. The second-order valence-electron chi connectivity index (χ2n) is 4.04. The van der Waals surface area contributed by atoms with Crippen molar-refractivity contribution in [1.82, 2.24) is 4.72 Å². The summed E-state index contributed by atoms with van der Waals surface area (Å²) in [6.45, 7) is 3.02. The van der Waals surface area contributed by atoms with Gasteiger partial charge in [0.25, 0.3) is 0 Å². The Balaban J connectivity index is 2.69. The molecule has 94 valence electrons. The number of sulfonamides is 1. The predicted molar refractivity (Wildman–Crippen MR) is 66.8 cm³/mol. The van der Waals surface area contributed by atoms with Crippen molar-refractivity contribution in [2.24, 2.45) is 0 Å². The summed E-state index contributed by atoms with van der Waals surface area (Å²) in [5.41, 5.74) is 6.79. The van der Waals surface area contributed by atoms with Gasteiger partial charge in [0.2, 0.25) is 15.9 Å². The van der Waals surface area contributed by atoms with Crippen molar-refractivity contribution >= 4 is 21.6 Å². The number of anilines is 1. The molecule has 0 fully saturated rings. The highest BCUT2D eigenvalue weighted by atomic mass is 32.2. The summed E-state index contributed by atoms with van der Waals surface area (Å²) in [5, 5.41) is -0.632. The van der Waals surface area contributed by atoms with Gasteiger partial charge in [-0.2, -0.15) is 0 Å². The Kier molecular flexibility index (Phi) is 4.11. The molecule has 17 heavy (non-hydrogen) atoms. The summed E-state index contributed by atoms with van der Waals surface area (Å²) in [6.07, 6.45) is -0.00299. The SMILES string of the molecule is CC(C)S(=O)(=O)NC(=O)Cc1cccc(N)c1. The lowest BCUT2D eigenvalue weighted by Gasteiger charge is -2.09. The van der Waals surface area contributed by atoms with Crippen molar-refractivity contribution in [3.05, 3.63) is 29.8 Å². The van der Waals surface area contributed by atoms with Crippen LogP contribution in [0, 0.1) is 0 Å². The van der Waals surface area contributed by atoms with E-state index in [4.69, 9.17) is 5.73 Å². The van der Waals surface area contributed by atoms with Gasteiger partial charge in [0, 0.05) is 5.69 Å². The average molecular weight is 256 g/mol. The summed E-state index contributed by atoms with van der Waals surface area (Å²) in [5.74, 6) is -0.552. The summed E-state index contributed by atoms with van der Waals surface area (Å²) in [7, 11) is -3.56. The molecule has 0 radical (unpaired) electrons. The van der Waals surface area contributed by atoms with Crippen LogP contribution in [-0.4, -0.2) is 19.6 Å². The van der Waals surface area contributed by atoms with E-state index < -0.39 is 21.2 Å². The predicted octanol–water partition coefficient (Wildman–Crippen LogP) is 0.666. The number of carbonyl (C=O) groups is 1. The van der Waals surface area contributed by atoms with E-state index in [0.717, 1.165) is 0 Å². The third kappa shape index (κ3) is 4.07. The van der Waals surface area contributed by atoms with Crippen molar-refractivity contribution in [1.29, 1.82) is 0 Å². The molecular formula is C11H16N2O3S. The van der Waals surface area contributed by atoms with E-state index in [2.05, 4.69) is 0 Å². The molecule has 3 N–H and O–H groups in total. The Bertz CT molecular complexity index is 509. The van der Waals surface area contributed by atoms with E-state index in [1.807, 2.05) is 4.72 Å². The Labute approximate surface area is 101 Å². The third-order valence-corrected chi connectivity index (χ3v) is 3.95. The number of benzene rings is 1. The Morgan fingerprint density at radius 1 is 1.41 bits per heavy atom. The van der Waals surface area contributed by atoms with Crippen LogP contribution in [0.5, 0.6) is 0 Å². The van der Waals surface area contributed by atoms with Crippen molar-refractivity contribution < 1.29 is 13.2 Å². The van der Waals surface area contributed by atoms with Gasteiger partial charge in [-0.1, -0.05) is 12.1 Å². The Morgan fingerprint density at radius 3 is 2.59 bits per heavy atom. The quantitative estimate of drug-likeness (QED) is 0.775. The zero-order valence-corrected chi connectivity index (χ0v) is 10.6. The molecule has 0 unspecified atom stereocenters. The van der Waals surface area contributed by atoms with E-state index >= 15 is 0 Å². The highest BCUT2D eigenvalue weighted by Gasteiger charge is 2.18. The van der Waals surface area contributed by atoms with Gasteiger partial charge in [-0.15, -0.1) is 0 Å². The van der Waals surface area contributed by atoms with Gasteiger partial charge >= 0.3 is 0 Å². The molecule has 0 aromatic heterocycles. The summed E-state index contributed by atoms with van der Waals surface area (Å²) in [4.78, 5) is 11.5. The van der Waals surface area contributed by atoms with Crippen LogP contribution in [-0.2, 0) is 21.2 Å². The maximum Gasteiger partial charge on any atom is 0.237 e. The molecule has 0 bridgehead atoms. The third-order valence-electron chi connectivity index (χ3n) is 2.19. The van der Waals surface area contributed by atoms with Crippen LogP contribution in [0.2, 0.25) is 0 Å². The first-order valence-electron chi connectivity index (χ1n) is 5.20. The number of nitrogens with one attached hydrogen (secondary N) is 1. The summed E-state index contributed by atoms with van der Waals surface area (Å²) >= 11 is 0. The van der Waals surface area contributed by atoms with Crippen LogP contribution >= 0.6 is 0 Å². The topological polar surface area (TPSA) is 89.3 Å². The first-order chi connectivity index (χ1) is 7.81. The molecule has 1 aromatic carbocycles. The molecule has 1 aromatic rings. The fraction of sp³-hybridized carbons (Fsp3) is 0.364.